The Morgan fingerprint density at radius 2 is 1.76 bits per heavy atom. The summed E-state index contributed by atoms with van der Waals surface area (Å²) in [6.45, 7) is 0. The van der Waals surface area contributed by atoms with Crippen LogP contribution in [0.15, 0.2) is 77.3 Å². The van der Waals surface area contributed by atoms with Gasteiger partial charge in [0.2, 0.25) is 0 Å². The van der Waals surface area contributed by atoms with Crippen molar-refractivity contribution in [3.8, 4) is 28.1 Å². The predicted octanol–water partition coefficient (Wildman–Crippen LogP) is 5.98. The Morgan fingerprint density at radius 1 is 0.966 bits per heavy atom. The van der Waals surface area contributed by atoms with E-state index in [2.05, 4.69) is 52.3 Å². The van der Waals surface area contributed by atoms with Gasteiger partial charge < -0.3 is 0 Å². The monoisotopic (exact) mass is 445 g/mol. The normalized spacial score (nSPS) is 12.3. The number of aromatic nitrogens is 2. The van der Waals surface area contributed by atoms with Crippen molar-refractivity contribution in [2.75, 3.05) is 0 Å². The number of aryl methyl sites for hydroxylation is 2. The fourth-order valence-electron chi connectivity index (χ4n) is 3.96. The van der Waals surface area contributed by atoms with Gasteiger partial charge in [-0.2, -0.15) is 5.10 Å². The van der Waals surface area contributed by atoms with E-state index >= 15 is 0 Å². The van der Waals surface area contributed by atoms with Crippen LogP contribution >= 0.6 is 15.9 Å². The number of rotatable bonds is 3. The molecule has 0 spiro atoms. The largest absolute Gasteiger partial charge is 0.269 e. The number of non-ortho nitro benzene ring substituents is 1. The van der Waals surface area contributed by atoms with Crippen LogP contribution in [0, 0.1) is 10.1 Å². The Labute approximate surface area is 175 Å². The molecule has 29 heavy (non-hydrogen) atoms. The fourth-order valence-corrected chi connectivity index (χ4v) is 4.36. The molecule has 0 unspecified atom stereocenters. The minimum atomic E-state index is -0.386. The molecule has 1 heterocycles. The molecule has 0 saturated carbocycles. The Balaban J connectivity index is 1.78. The predicted molar refractivity (Wildman–Crippen MR) is 116 cm³/mol. The summed E-state index contributed by atoms with van der Waals surface area (Å²) in [6.07, 6.45) is 1.83. The maximum absolute atomic E-state index is 11.0. The number of hydrogen-bond donors (Lipinski definition) is 0. The van der Waals surface area contributed by atoms with Crippen LogP contribution in [0.4, 0.5) is 5.69 Å². The molecule has 0 saturated heterocycles. The van der Waals surface area contributed by atoms with Crippen molar-refractivity contribution < 1.29 is 4.92 Å². The number of fused-ring (bicyclic) bond motifs is 3. The van der Waals surface area contributed by atoms with Crippen LogP contribution in [-0.2, 0) is 12.8 Å². The van der Waals surface area contributed by atoms with Gasteiger partial charge in [-0.05, 0) is 48.2 Å². The first-order valence-electron chi connectivity index (χ1n) is 9.33. The van der Waals surface area contributed by atoms with Crippen LogP contribution in [-0.4, -0.2) is 14.7 Å². The van der Waals surface area contributed by atoms with E-state index in [1.807, 2.05) is 16.8 Å². The Hall–Kier alpha value is -3.25. The molecule has 1 aliphatic rings. The van der Waals surface area contributed by atoms with Gasteiger partial charge in [-0.25, -0.2) is 4.68 Å². The molecule has 142 valence electrons. The zero-order valence-corrected chi connectivity index (χ0v) is 17.0. The molecule has 5 nitrogen and oxygen atoms in total. The SMILES string of the molecule is O=[N+]([O-])c1ccc(-n2nc3c(c2-c2cccc(Br)c2)-c2ccccc2CC3)cc1. The first-order chi connectivity index (χ1) is 14.1. The summed E-state index contributed by atoms with van der Waals surface area (Å²) in [5.41, 5.74) is 7.64. The molecule has 3 aromatic carbocycles. The number of benzene rings is 3. The van der Waals surface area contributed by atoms with Crippen molar-refractivity contribution in [3.63, 3.8) is 0 Å². The summed E-state index contributed by atoms with van der Waals surface area (Å²) >= 11 is 3.58. The second kappa shape index (κ2) is 6.97. The summed E-state index contributed by atoms with van der Waals surface area (Å²) in [5.74, 6) is 0. The standard InChI is InChI=1S/C23H16BrN3O2/c24-17-6-3-5-16(14-17)23-22-20-7-2-1-4-15(20)8-13-21(22)25-26(23)18-9-11-19(12-10-18)27(28)29/h1-7,9-12,14H,8,13H2. The van der Waals surface area contributed by atoms with Gasteiger partial charge in [0, 0.05) is 27.7 Å². The quantitative estimate of drug-likeness (QED) is 0.288. The lowest BCUT2D eigenvalue weighted by Gasteiger charge is -2.17. The number of nitro groups is 1. The molecule has 0 bridgehead atoms. The van der Waals surface area contributed by atoms with Crippen molar-refractivity contribution in [1.29, 1.82) is 0 Å². The third-order valence-corrected chi connectivity index (χ3v) is 5.77. The highest BCUT2D eigenvalue weighted by molar-refractivity contribution is 9.10. The molecule has 0 fully saturated rings. The van der Waals surface area contributed by atoms with Crippen molar-refractivity contribution in [2.45, 2.75) is 12.8 Å². The molecule has 0 atom stereocenters. The summed E-state index contributed by atoms with van der Waals surface area (Å²) < 4.78 is 2.91. The zero-order chi connectivity index (χ0) is 20.0. The number of nitro benzene ring substituents is 1. The summed E-state index contributed by atoms with van der Waals surface area (Å²) in [4.78, 5) is 10.7. The van der Waals surface area contributed by atoms with Crippen molar-refractivity contribution in [3.05, 3.63) is 98.6 Å². The second-order valence-corrected chi connectivity index (χ2v) is 7.94. The van der Waals surface area contributed by atoms with Gasteiger partial charge in [0.25, 0.3) is 5.69 Å². The van der Waals surface area contributed by atoms with Crippen LogP contribution in [0.3, 0.4) is 0 Å². The summed E-state index contributed by atoms with van der Waals surface area (Å²) in [7, 11) is 0. The Morgan fingerprint density at radius 3 is 2.52 bits per heavy atom. The average molecular weight is 446 g/mol. The molecule has 4 aromatic rings. The van der Waals surface area contributed by atoms with Gasteiger partial charge in [0.05, 0.1) is 22.0 Å². The van der Waals surface area contributed by atoms with Crippen molar-refractivity contribution in [1.82, 2.24) is 9.78 Å². The molecule has 0 amide bonds. The van der Waals surface area contributed by atoms with Crippen LogP contribution in [0.2, 0.25) is 0 Å². The lowest BCUT2D eigenvalue weighted by molar-refractivity contribution is -0.384. The highest BCUT2D eigenvalue weighted by Crippen LogP contribution is 2.42. The maximum Gasteiger partial charge on any atom is 0.269 e. The zero-order valence-electron chi connectivity index (χ0n) is 15.4. The Bertz CT molecular complexity index is 1250. The topological polar surface area (TPSA) is 61.0 Å². The van der Waals surface area contributed by atoms with Gasteiger partial charge in [0.1, 0.15) is 0 Å². The first-order valence-corrected chi connectivity index (χ1v) is 10.1. The van der Waals surface area contributed by atoms with E-state index in [4.69, 9.17) is 5.10 Å². The smallest absolute Gasteiger partial charge is 0.258 e. The number of nitrogens with zero attached hydrogens (tertiary/aromatic N) is 3. The maximum atomic E-state index is 11.0. The van der Waals surface area contributed by atoms with Crippen molar-refractivity contribution >= 4 is 21.6 Å². The minimum Gasteiger partial charge on any atom is -0.258 e. The molecular formula is C23H16BrN3O2. The Kier molecular flexibility index (Phi) is 4.28. The van der Waals surface area contributed by atoms with E-state index in [1.54, 1.807) is 12.1 Å². The lowest BCUT2D eigenvalue weighted by atomic mass is 9.87. The van der Waals surface area contributed by atoms with Gasteiger partial charge in [0.15, 0.2) is 0 Å². The van der Waals surface area contributed by atoms with Crippen molar-refractivity contribution in [2.24, 2.45) is 0 Å². The molecule has 1 aliphatic carbocycles. The van der Waals surface area contributed by atoms with Crippen LogP contribution in [0.1, 0.15) is 11.3 Å². The fraction of sp³-hybridized carbons (Fsp3) is 0.0870. The van der Waals surface area contributed by atoms with Crippen LogP contribution in [0.25, 0.3) is 28.1 Å². The molecule has 6 heteroatoms. The van der Waals surface area contributed by atoms with E-state index in [0.717, 1.165) is 45.5 Å². The lowest BCUT2D eigenvalue weighted by Crippen LogP contribution is -2.03. The third-order valence-electron chi connectivity index (χ3n) is 5.28. The highest BCUT2D eigenvalue weighted by atomic mass is 79.9. The van der Waals surface area contributed by atoms with Gasteiger partial charge in [-0.15, -0.1) is 0 Å². The molecule has 0 radical (unpaired) electrons. The van der Waals surface area contributed by atoms with Crippen LogP contribution in [0.5, 0.6) is 0 Å². The molecule has 5 rings (SSSR count). The third kappa shape index (κ3) is 3.06. The van der Waals surface area contributed by atoms with E-state index in [9.17, 15) is 10.1 Å². The molecule has 0 aliphatic heterocycles. The first kappa shape index (κ1) is 17.8. The minimum absolute atomic E-state index is 0.0695. The second-order valence-electron chi connectivity index (χ2n) is 7.02. The highest BCUT2D eigenvalue weighted by Gasteiger charge is 2.26. The van der Waals surface area contributed by atoms with E-state index in [1.165, 1.54) is 23.3 Å². The summed E-state index contributed by atoms with van der Waals surface area (Å²) in [5, 5.41) is 16.0. The number of hydrogen-bond acceptors (Lipinski definition) is 3. The van der Waals surface area contributed by atoms with Gasteiger partial charge >= 0.3 is 0 Å². The molecule has 1 aromatic heterocycles. The van der Waals surface area contributed by atoms with Gasteiger partial charge in [-0.1, -0.05) is 52.3 Å². The van der Waals surface area contributed by atoms with Gasteiger partial charge in [-0.3, -0.25) is 10.1 Å². The average Bonchev–Trinajstić information content (AvgIpc) is 3.14. The van der Waals surface area contributed by atoms with E-state index in [0.29, 0.717) is 0 Å². The number of halogens is 1. The van der Waals surface area contributed by atoms with E-state index < -0.39 is 0 Å². The van der Waals surface area contributed by atoms with E-state index in [-0.39, 0.29) is 10.6 Å². The molecular weight excluding hydrogens is 430 g/mol. The summed E-state index contributed by atoms with van der Waals surface area (Å²) in [6, 6.07) is 23.2. The van der Waals surface area contributed by atoms with Crippen LogP contribution < -0.4 is 0 Å². The molecule has 0 N–H and O–H groups in total.